The Labute approximate surface area is 205 Å². The van der Waals surface area contributed by atoms with E-state index in [0.29, 0.717) is 24.5 Å². The van der Waals surface area contributed by atoms with Gasteiger partial charge in [-0.25, -0.2) is 0 Å². The van der Waals surface area contributed by atoms with Gasteiger partial charge in [-0.05, 0) is 44.0 Å². The minimum absolute atomic E-state index is 0.0775. The Kier molecular flexibility index (Phi) is 7.42. The number of para-hydroxylation sites is 3. The van der Waals surface area contributed by atoms with E-state index in [1.807, 2.05) is 30.5 Å². The van der Waals surface area contributed by atoms with Gasteiger partial charge in [0.1, 0.15) is 18.5 Å². The summed E-state index contributed by atoms with van der Waals surface area (Å²) in [4.78, 5) is 29.4. The first-order valence-corrected chi connectivity index (χ1v) is 12.0. The van der Waals surface area contributed by atoms with E-state index in [1.165, 1.54) is 10.9 Å². The van der Waals surface area contributed by atoms with Gasteiger partial charge in [-0.3, -0.25) is 9.59 Å². The minimum atomic E-state index is -0.738. The third-order valence-corrected chi connectivity index (χ3v) is 6.45. The van der Waals surface area contributed by atoms with E-state index in [9.17, 15) is 14.7 Å². The minimum Gasteiger partial charge on any atom is -0.489 e. The van der Waals surface area contributed by atoms with Gasteiger partial charge in [0.05, 0.1) is 11.6 Å². The summed E-state index contributed by atoms with van der Waals surface area (Å²) in [6.45, 7) is 4.97. The first kappa shape index (κ1) is 24.8. The summed E-state index contributed by atoms with van der Waals surface area (Å²) in [5.41, 5.74) is 2.72. The fraction of sp³-hybridized carbons (Fsp3) is 0.407. The van der Waals surface area contributed by atoms with Crippen LogP contribution in [0.1, 0.15) is 25.8 Å². The zero-order valence-electron chi connectivity index (χ0n) is 20.5. The first-order valence-electron chi connectivity index (χ1n) is 12.0. The molecule has 8 heteroatoms. The summed E-state index contributed by atoms with van der Waals surface area (Å²) in [5.74, 6) is -0.128. The van der Waals surface area contributed by atoms with Crippen molar-refractivity contribution in [2.24, 2.45) is 5.92 Å². The lowest BCUT2D eigenvalue weighted by molar-refractivity contribution is -0.125. The predicted molar refractivity (Wildman–Crippen MR) is 137 cm³/mol. The van der Waals surface area contributed by atoms with Gasteiger partial charge in [0.2, 0.25) is 11.8 Å². The number of benzene rings is 2. The quantitative estimate of drug-likeness (QED) is 0.358. The zero-order chi connectivity index (χ0) is 25.0. The van der Waals surface area contributed by atoms with Crippen molar-refractivity contribution in [2.75, 3.05) is 31.6 Å². The van der Waals surface area contributed by atoms with Gasteiger partial charge < -0.3 is 30.4 Å². The summed E-state index contributed by atoms with van der Waals surface area (Å²) in [5, 5.41) is 17.9. The molecule has 2 amide bonds. The first-order chi connectivity index (χ1) is 16.8. The number of hydrogen-bond acceptors (Lipinski definition) is 5. The van der Waals surface area contributed by atoms with E-state index in [1.54, 1.807) is 24.1 Å². The van der Waals surface area contributed by atoms with Crippen molar-refractivity contribution in [2.45, 2.75) is 38.3 Å². The molecule has 1 aliphatic rings. The SMILES string of the molecule is CNC(=O)C1CC(=O)N(c2ccccc2OC[C@@H](O)CNC(C)(C)Cc2c[nH]c3ccccc23)C1. The standard InChI is InChI=1S/C27H34N4O4/c1-27(2,13-19-14-29-22-9-5-4-8-21(19)22)30-15-20(32)17-35-24-11-7-6-10-23(24)31-16-18(12-25(31)33)26(34)28-3/h4-11,14,18,20,29-30,32H,12-13,15-17H2,1-3H3,(H,28,34)/t18?,20-/m0/s1. The Hall–Kier alpha value is -3.36. The molecule has 0 aliphatic carbocycles. The lowest BCUT2D eigenvalue weighted by Gasteiger charge is -2.28. The summed E-state index contributed by atoms with van der Waals surface area (Å²) in [7, 11) is 1.57. The van der Waals surface area contributed by atoms with Crippen LogP contribution in [-0.4, -0.2) is 60.3 Å². The number of nitrogens with zero attached hydrogens (tertiary/aromatic N) is 1. The number of aromatic amines is 1. The number of anilines is 1. The average molecular weight is 479 g/mol. The highest BCUT2D eigenvalue weighted by Gasteiger charge is 2.35. The van der Waals surface area contributed by atoms with E-state index in [-0.39, 0.29) is 36.3 Å². The van der Waals surface area contributed by atoms with Crippen LogP contribution < -0.4 is 20.3 Å². The Morgan fingerprint density at radius 2 is 1.97 bits per heavy atom. The lowest BCUT2D eigenvalue weighted by atomic mass is 9.94. The molecule has 4 rings (SSSR count). The summed E-state index contributed by atoms with van der Waals surface area (Å²) < 4.78 is 5.92. The van der Waals surface area contributed by atoms with Crippen LogP contribution in [0.5, 0.6) is 5.75 Å². The predicted octanol–water partition coefficient (Wildman–Crippen LogP) is 2.62. The molecule has 0 spiro atoms. The molecule has 3 aromatic rings. The number of carbonyl (C=O) groups excluding carboxylic acids is 2. The van der Waals surface area contributed by atoms with Gasteiger partial charge in [-0.1, -0.05) is 30.3 Å². The molecular formula is C27H34N4O4. The van der Waals surface area contributed by atoms with Gasteiger partial charge >= 0.3 is 0 Å². The van der Waals surface area contributed by atoms with Gasteiger partial charge in [-0.2, -0.15) is 0 Å². The molecule has 186 valence electrons. The second-order valence-electron chi connectivity index (χ2n) is 9.75. The summed E-state index contributed by atoms with van der Waals surface area (Å²) >= 11 is 0. The third kappa shape index (κ3) is 5.83. The van der Waals surface area contributed by atoms with Crippen LogP contribution in [0, 0.1) is 5.92 Å². The lowest BCUT2D eigenvalue weighted by Crippen LogP contribution is -2.46. The van der Waals surface area contributed by atoms with E-state index < -0.39 is 6.10 Å². The van der Waals surface area contributed by atoms with E-state index in [2.05, 4.69) is 41.6 Å². The molecule has 2 atom stereocenters. The van der Waals surface area contributed by atoms with Crippen LogP contribution in [0.15, 0.2) is 54.7 Å². The molecule has 2 aromatic carbocycles. The maximum atomic E-state index is 12.5. The van der Waals surface area contributed by atoms with Crippen molar-refractivity contribution in [3.8, 4) is 5.75 Å². The molecule has 0 saturated carbocycles. The highest BCUT2D eigenvalue weighted by molar-refractivity contribution is 6.01. The molecule has 1 fully saturated rings. The maximum absolute atomic E-state index is 12.5. The summed E-state index contributed by atoms with van der Waals surface area (Å²) in [6, 6.07) is 15.4. The number of aliphatic hydroxyl groups is 1. The number of aromatic nitrogens is 1. The molecule has 1 saturated heterocycles. The second-order valence-corrected chi connectivity index (χ2v) is 9.75. The number of H-pyrrole nitrogens is 1. The molecular weight excluding hydrogens is 444 g/mol. The molecule has 2 heterocycles. The monoisotopic (exact) mass is 478 g/mol. The normalized spacial score (nSPS) is 17.1. The van der Waals surface area contributed by atoms with Crippen LogP contribution in [0.2, 0.25) is 0 Å². The Morgan fingerprint density at radius 3 is 2.77 bits per heavy atom. The zero-order valence-corrected chi connectivity index (χ0v) is 20.5. The molecule has 8 nitrogen and oxygen atoms in total. The number of nitrogens with one attached hydrogen (secondary N) is 3. The van der Waals surface area contributed by atoms with Crippen molar-refractivity contribution in [3.63, 3.8) is 0 Å². The molecule has 4 N–H and O–H groups in total. The van der Waals surface area contributed by atoms with Crippen molar-refractivity contribution in [1.82, 2.24) is 15.6 Å². The highest BCUT2D eigenvalue weighted by atomic mass is 16.5. The number of fused-ring (bicyclic) bond motifs is 1. The Morgan fingerprint density at radius 1 is 1.23 bits per heavy atom. The second kappa shape index (κ2) is 10.5. The average Bonchev–Trinajstić information content (AvgIpc) is 3.44. The van der Waals surface area contributed by atoms with Crippen molar-refractivity contribution in [3.05, 3.63) is 60.3 Å². The number of β-amino-alcohol motifs (C(OH)–C–C–N with tert-alkyl or cyclic N) is 1. The number of hydrogen-bond donors (Lipinski definition) is 4. The number of rotatable bonds is 10. The van der Waals surface area contributed by atoms with Crippen molar-refractivity contribution < 1.29 is 19.4 Å². The van der Waals surface area contributed by atoms with Crippen LogP contribution in [0.25, 0.3) is 10.9 Å². The topological polar surface area (TPSA) is 107 Å². The van der Waals surface area contributed by atoms with Crippen LogP contribution >= 0.6 is 0 Å². The number of carbonyl (C=O) groups is 2. The van der Waals surface area contributed by atoms with Crippen LogP contribution in [0.3, 0.4) is 0 Å². The fourth-order valence-corrected chi connectivity index (χ4v) is 4.58. The van der Waals surface area contributed by atoms with E-state index in [4.69, 9.17) is 4.74 Å². The maximum Gasteiger partial charge on any atom is 0.227 e. The highest BCUT2D eigenvalue weighted by Crippen LogP contribution is 2.33. The number of amides is 2. The Bertz CT molecular complexity index is 1190. The number of aliphatic hydroxyl groups excluding tert-OH is 1. The van der Waals surface area contributed by atoms with Crippen LogP contribution in [0.4, 0.5) is 5.69 Å². The van der Waals surface area contributed by atoms with Gasteiger partial charge in [0, 0.05) is 49.2 Å². The van der Waals surface area contributed by atoms with Crippen molar-refractivity contribution >= 4 is 28.4 Å². The number of ether oxygens (including phenoxy) is 1. The van der Waals surface area contributed by atoms with Crippen molar-refractivity contribution in [1.29, 1.82) is 0 Å². The third-order valence-electron chi connectivity index (χ3n) is 6.45. The molecule has 0 bridgehead atoms. The van der Waals surface area contributed by atoms with Crippen LogP contribution in [-0.2, 0) is 16.0 Å². The van der Waals surface area contributed by atoms with Gasteiger partial charge in [0.15, 0.2) is 0 Å². The van der Waals surface area contributed by atoms with Gasteiger partial charge in [0.25, 0.3) is 0 Å². The molecule has 1 unspecified atom stereocenters. The van der Waals surface area contributed by atoms with E-state index >= 15 is 0 Å². The van der Waals surface area contributed by atoms with Gasteiger partial charge in [-0.15, -0.1) is 0 Å². The molecule has 35 heavy (non-hydrogen) atoms. The molecule has 1 aromatic heterocycles. The fourth-order valence-electron chi connectivity index (χ4n) is 4.58. The smallest absolute Gasteiger partial charge is 0.227 e. The molecule has 0 radical (unpaired) electrons. The Balaban J connectivity index is 1.32. The largest absolute Gasteiger partial charge is 0.489 e. The molecule has 1 aliphatic heterocycles. The summed E-state index contributed by atoms with van der Waals surface area (Å²) in [6.07, 6.45) is 2.28. The van der Waals surface area contributed by atoms with E-state index in [0.717, 1.165) is 11.9 Å².